The van der Waals surface area contributed by atoms with Crippen LogP contribution in [-0.2, 0) is 10.2 Å². The topological polar surface area (TPSA) is 47.6 Å². The highest BCUT2D eigenvalue weighted by molar-refractivity contribution is 9.10. The van der Waals surface area contributed by atoms with Gasteiger partial charge in [-0.05, 0) is 54.3 Å². The molecule has 1 amide bonds. The molecule has 4 nitrogen and oxygen atoms in total. The van der Waals surface area contributed by atoms with Crippen LogP contribution in [0.25, 0.3) is 0 Å². The molecule has 0 spiro atoms. The summed E-state index contributed by atoms with van der Waals surface area (Å²) in [5.74, 6) is 1.32. The molecular formula is C21H26BrNO3. The lowest BCUT2D eigenvalue weighted by molar-refractivity contribution is -0.118. The fraction of sp³-hybridized carbons (Fsp3) is 0.381. The first-order chi connectivity index (χ1) is 12.3. The Morgan fingerprint density at radius 3 is 2.38 bits per heavy atom. The molecule has 26 heavy (non-hydrogen) atoms. The van der Waals surface area contributed by atoms with Crippen molar-refractivity contribution in [1.82, 2.24) is 0 Å². The highest BCUT2D eigenvalue weighted by atomic mass is 79.9. The summed E-state index contributed by atoms with van der Waals surface area (Å²) in [5.41, 5.74) is 1.69. The summed E-state index contributed by atoms with van der Waals surface area (Å²) in [7, 11) is 0. The van der Waals surface area contributed by atoms with Crippen LogP contribution < -0.4 is 14.8 Å². The molecular weight excluding hydrogens is 394 g/mol. The third-order valence-corrected chi connectivity index (χ3v) is 4.21. The van der Waals surface area contributed by atoms with Crippen LogP contribution in [0.2, 0.25) is 0 Å². The average molecular weight is 420 g/mol. The standard InChI is InChI=1S/C21H26BrNO3/c1-5-12-25-17-9-7-16(8-10-17)23-20(24)14-26-19-11-6-15(22)13-18(19)21(2,3)4/h6-11,13H,5,12,14H2,1-4H3,(H,23,24). The third kappa shape index (κ3) is 6.06. The zero-order valence-electron chi connectivity index (χ0n) is 15.8. The molecule has 0 atom stereocenters. The van der Waals surface area contributed by atoms with E-state index in [4.69, 9.17) is 9.47 Å². The molecule has 0 aromatic heterocycles. The molecule has 0 saturated carbocycles. The van der Waals surface area contributed by atoms with Gasteiger partial charge in [-0.2, -0.15) is 0 Å². The van der Waals surface area contributed by atoms with Crippen LogP contribution in [0.15, 0.2) is 46.9 Å². The monoisotopic (exact) mass is 419 g/mol. The minimum absolute atomic E-state index is 0.0429. The summed E-state index contributed by atoms with van der Waals surface area (Å²) in [6, 6.07) is 13.2. The normalized spacial score (nSPS) is 11.1. The summed E-state index contributed by atoms with van der Waals surface area (Å²) in [6.45, 7) is 9.05. The summed E-state index contributed by atoms with van der Waals surface area (Å²) < 4.78 is 12.3. The van der Waals surface area contributed by atoms with E-state index < -0.39 is 0 Å². The number of carbonyl (C=O) groups is 1. The number of anilines is 1. The average Bonchev–Trinajstić information content (AvgIpc) is 2.59. The number of carbonyl (C=O) groups excluding carboxylic acids is 1. The number of benzene rings is 2. The van der Waals surface area contributed by atoms with E-state index in [1.54, 1.807) is 0 Å². The molecule has 0 aliphatic carbocycles. The van der Waals surface area contributed by atoms with E-state index in [-0.39, 0.29) is 17.9 Å². The fourth-order valence-electron chi connectivity index (χ4n) is 2.41. The maximum atomic E-state index is 12.2. The van der Waals surface area contributed by atoms with E-state index in [2.05, 4.69) is 48.9 Å². The van der Waals surface area contributed by atoms with Crippen molar-refractivity contribution in [2.45, 2.75) is 39.5 Å². The molecule has 5 heteroatoms. The van der Waals surface area contributed by atoms with Crippen molar-refractivity contribution in [3.63, 3.8) is 0 Å². The van der Waals surface area contributed by atoms with E-state index in [1.807, 2.05) is 42.5 Å². The predicted molar refractivity (Wildman–Crippen MR) is 109 cm³/mol. The van der Waals surface area contributed by atoms with Gasteiger partial charge in [-0.3, -0.25) is 4.79 Å². The Labute approximate surface area is 164 Å². The maximum absolute atomic E-state index is 12.2. The van der Waals surface area contributed by atoms with Crippen LogP contribution in [0.5, 0.6) is 11.5 Å². The molecule has 140 valence electrons. The Hall–Kier alpha value is -2.01. The molecule has 0 fully saturated rings. The van der Waals surface area contributed by atoms with Crippen molar-refractivity contribution in [3.8, 4) is 11.5 Å². The van der Waals surface area contributed by atoms with Crippen LogP contribution in [0.4, 0.5) is 5.69 Å². The van der Waals surface area contributed by atoms with Crippen molar-refractivity contribution >= 4 is 27.5 Å². The highest BCUT2D eigenvalue weighted by Gasteiger charge is 2.20. The molecule has 0 radical (unpaired) electrons. The van der Waals surface area contributed by atoms with Gasteiger partial charge in [-0.25, -0.2) is 0 Å². The molecule has 2 aromatic carbocycles. The predicted octanol–water partition coefficient (Wildman–Crippen LogP) is 5.55. The first kappa shape index (κ1) is 20.3. The first-order valence-electron chi connectivity index (χ1n) is 8.75. The molecule has 0 saturated heterocycles. The number of hydrogen-bond donors (Lipinski definition) is 1. The van der Waals surface area contributed by atoms with Crippen LogP contribution in [0.1, 0.15) is 39.7 Å². The first-order valence-corrected chi connectivity index (χ1v) is 9.54. The van der Waals surface area contributed by atoms with Crippen molar-refractivity contribution in [2.24, 2.45) is 0 Å². The lowest BCUT2D eigenvalue weighted by Crippen LogP contribution is -2.22. The zero-order valence-corrected chi connectivity index (χ0v) is 17.4. The van der Waals surface area contributed by atoms with Crippen molar-refractivity contribution in [1.29, 1.82) is 0 Å². The second-order valence-electron chi connectivity index (χ2n) is 7.10. The Morgan fingerprint density at radius 1 is 1.08 bits per heavy atom. The van der Waals surface area contributed by atoms with E-state index in [0.29, 0.717) is 12.3 Å². The Balaban J connectivity index is 1.95. The highest BCUT2D eigenvalue weighted by Crippen LogP contribution is 2.33. The summed E-state index contributed by atoms with van der Waals surface area (Å²) >= 11 is 3.49. The van der Waals surface area contributed by atoms with Crippen molar-refractivity contribution < 1.29 is 14.3 Å². The Morgan fingerprint density at radius 2 is 1.77 bits per heavy atom. The Bertz CT molecular complexity index is 736. The van der Waals surface area contributed by atoms with E-state index in [1.165, 1.54) is 0 Å². The molecule has 0 unspecified atom stereocenters. The van der Waals surface area contributed by atoms with Crippen LogP contribution in [0, 0.1) is 0 Å². The van der Waals surface area contributed by atoms with Gasteiger partial charge in [0.2, 0.25) is 0 Å². The maximum Gasteiger partial charge on any atom is 0.262 e. The van der Waals surface area contributed by atoms with Crippen LogP contribution in [-0.4, -0.2) is 19.1 Å². The number of amides is 1. The minimum atomic E-state index is -0.199. The quantitative estimate of drug-likeness (QED) is 0.639. The lowest BCUT2D eigenvalue weighted by atomic mass is 9.86. The second kappa shape index (κ2) is 9.08. The lowest BCUT2D eigenvalue weighted by Gasteiger charge is -2.23. The van der Waals surface area contributed by atoms with Gasteiger partial charge in [0, 0.05) is 15.7 Å². The number of rotatable bonds is 7. The fourth-order valence-corrected chi connectivity index (χ4v) is 2.77. The van der Waals surface area contributed by atoms with Gasteiger partial charge in [0.25, 0.3) is 5.91 Å². The largest absolute Gasteiger partial charge is 0.494 e. The zero-order chi connectivity index (χ0) is 19.2. The van der Waals surface area contributed by atoms with Gasteiger partial charge >= 0.3 is 0 Å². The number of hydrogen-bond acceptors (Lipinski definition) is 3. The van der Waals surface area contributed by atoms with Gasteiger partial charge < -0.3 is 14.8 Å². The second-order valence-corrected chi connectivity index (χ2v) is 8.02. The van der Waals surface area contributed by atoms with E-state index in [0.717, 1.165) is 28.0 Å². The van der Waals surface area contributed by atoms with Gasteiger partial charge in [0.05, 0.1) is 6.61 Å². The van der Waals surface area contributed by atoms with E-state index in [9.17, 15) is 4.79 Å². The minimum Gasteiger partial charge on any atom is -0.494 e. The summed E-state index contributed by atoms with van der Waals surface area (Å²) in [4.78, 5) is 12.2. The number of nitrogens with one attached hydrogen (secondary N) is 1. The van der Waals surface area contributed by atoms with Crippen molar-refractivity contribution in [3.05, 3.63) is 52.5 Å². The number of ether oxygens (including phenoxy) is 2. The SMILES string of the molecule is CCCOc1ccc(NC(=O)COc2ccc(Br)cc2C(C)(C)C)cc1. The molecule has 0 bridgehead atoms. The van der Waals surface area contributed by atoms with Gasteiger partial charge in [0.1, 0.15) is 11.5 Å². The summed E-state index contributed by atoms with van der Waals surface area (Å²) in [6.07, 6.45) is 0.961. The van der Waals surface area contributed by atoms with Crippen LogP contribution in [0.3, 0.4) is 0 Å². The smallest absolute Gasteiger partial charge is 0.262 e. The van der Waals surface area contributed by atoms with Crippen LogP contribution >= 0.6 is 15.9 Å². The van der Waals surface area contributed by atoms with Gasteiger partial charge in [-0.15, -0.1) is 0 Å². The van der Waals surface area contributed by atoms with Gasteiger partial charge in [0.15, 0.2) is 6.61 Å². The number of halogens is 1. The Kier molecular flexibility index (Phi) is 7.09. The molecule has 0 heterocycles. The summed E-state index contributed by atoms with van der Waals surface area (Å²) in [5, 5.41) is 2.84. The molecule has 2 rings (SSSR count). The van der Waals surface area contributed by atoms with Gasteiger partial charge in [-0.1, -0.05) is 43.6 Å². The molecule has 0 aliphatic heterocycles. The van der Waals surface area contributed by atoms with E-state index >= 15 is 0 Å². The molecule has 2 aromatic rings. The molecule has 1 N–H and O–H groups in total. The third-order valence-electron chi connectivity index (χ3n) is 3.72. The molecule has 0 aliphatic rings. The van der Waals surface area contributed by atoms with Crippen molar-refractivity contribution in [2.75, 3.05) is 18.5 Å².